The van der Waals surface area contributed by atoms with Gasteiger partial charge in [0.25, 0.3) is 0 Å². The van der Waals surface area contributed by atoms with Crippen LogP contribution >= 0.6 is 0 Å². The first-order chi connectivity index (χ1) is 10.3. The van der Waals surface area contributed by atoms with E-state index in [-0.39, 0.29) is 17.1 Å². The van der Waals surface area contributed by atoms with Crippen molar-refractivity contribution in [2.75, 3.05) is 0 Å². The zero-order chi connectivity index (χ0) is 15.2. The molecule has 0 radical (unpaired) electrons. The summed E-state index contributed by atoms with van der Waals surface area (Å²) in [6.45, 7) is 2.23. The van der Waals surface area contributed by atoms with Crippen LogP contribution in [0.15, 0.2) is 54.6 Å². The van der Waals surface area contributed by atoms with E-state index in [4.69, 9.17) is 0 Å². The van der Waals surface area contributed by atoms with E-state index in [1.165, 1.54) is 38.5 Å². The van der Waals surface area contributed by atoms with Crippen molar-refractivity contribution in [1.29, 1.82) is 0 Å². The second-order valence-corrected chi connectivity index (χ2v) is 5.43. The Bertz CT molecular complexity index is 411. The number of rotatable bonds is 9. The molecule has 1 nitrogen and oxygen atoms in total. The molecule has 0 fully saturated rings. The van der Waals surface area contributed by atoms with Crippen LogP contribution in [-0.4, -0.2) is 5.78 Å². The monoisotopic (exact) mass is 340 g/mol. The third kappa shape index (κ3) is 10.6. The topological polar surface area (TPSA) is 17.1 Å². The number of Topliss-reactive ketones (excluding diaryl/α,β-unsaturated/α-hetero) is 1. The van der Waals surface area contributed by atoms with Crippen molar-refractivity contribution in [3.8, 4) is 0 Å². The molecule has 0 saturated carbocycles. The summed E-state index contributed by atoms with van der Waals surface area (Å²) in [6, 6.07) is 17.7. The van der Waals surface area contributed by atoms with Crippen molar-refractivity contribution in [3.05, 3.63) is 60.2 Å². The average molecular weight is 340 g/mol. The third-order valence-corrected chi connectivity index (χ3v) is 3.55. The molecule has 0 spiro atoms. The van der Waals surface area contributed by atoms with E-state index in [0.29, 0.717) is 5.78 Å². The Morgan fingerprint density at radius 3 is 2.05 bits per heavy atom. The third-order valence-electron chi connectivity index (χ3n) is 3.55. The van der Waals surface area contributed by atoms with Crippen molar-refractivity contribution in [2.45, 2.75) is 58.3 Å². The molecule has 2 aromatic carbocycles. The Balaban J connectivity index is 0.000000622. The molecule has 2 rings (SSSR count). The fraction of sp³-hybridized carbons (Fsp3) is 0.450. The molecular formula is C20H28FeO. The number of unbranched alkanes of at least 4 members (excludes halogenated alkanes) is 6. The zero-order valence-electron chi connectivity index (χ0n) is 13.6. The molecule has 0 bridgehead atoms. The number of carbonyl (C=O) groups is 1. The zero-order valence-corrected chi connectivity index (χ0v) is 14.7. The van der Waals surface area contributed by atoms with Gasteiger partial charge in [0, 0.05) is 0 Å². The van der Waals surface area contributed by atoms with Gasteiger partial charge in [0.05, 0.1) is 5.78 Å². The van der Waals surface area contributed by atoms with E-state index >= 15 is 0 Å². The molecule has 2 heteroatoms. The van der Waals surface area contributed by atoms with Gasteiger partial charge in [-0.1, -0.05) is 45.4 Å². The molecule has 0 atom stereocenters. The van der Waals surface area contributed by atoms with Crippen LogP contribution in [0.3, 0.4) is 0 Å². The second-order valence-electron chi connectivity index (χ2n) is 5.43. The maximum absolute atomic E-state index is 11.6. The molecular weight excluding hydrogens is 312 g/mol. The minimum atomic E-state index is 0. The Kier molecular flexibility index (Phi) is 14.1. The van der Waals surface area contributed by atoms with Crippen LogP contribution in [-0.2, 0) is 17.1 Å². The van der Waals surface area contributed by atoms with Gasteiger partial charge in [-0.3, -0.25) is 0 Å². The molecule has 0 aliphatic rings. The second kappa shape index (κ2) is 14.8. The number of ketones is 1. The Morgan fingerprint density at radius 2 is 1.55 bits per heavy atom. The quantitative estimate of drug-likeness (QED) is 0.232. The first kappa shape index (κ1) is 20.9. The van der Waals surface area contributed by atoms with Crippen LogP contribution in [0.5, 0.6) is 0 Å². The molecule has 2 aromatic rings. The number of hydrogen-bond donors (Lipinski definition) is 0. The summed E-state index contributed by atoms with van der Waals surface area (Å²) in [7, 11) is 0. The van der Waals surface area contributed by atoms with Crippen LogP contribution in [0, 0.1) is 0 Å². The maximum atomic E-state index is 11.6. The molecule has 0 aliphatic carbocycles. The van der Waals surface area contributed by atoms with Gasteiger partial charge in [-0.15, -0.1) is 5.56 Å². The van der Waals surface area contributed by atoms with Crippen molar-refractivity contribution in [2.24, 2.45) is 0 Å². The predicted molar refractivity (Wildman–Crippen MR) is 91.0 cm³/mol. The van der Waals surface area contributed by atoms with Crippen LogP contribution < -0.4 is 0 Å². The molecule has 122 valence electrons. The number of carbonyl (C=O) groups excluding carboxylic acids is 1. The summed E-state index contributed by atoms with van der Waals surface area (Å²) < 4.78 is 0. The Hall–Kier alpha value is -1.11. The molecule has 0 heterocycles. The standard InChI is InChI=1S/C15H23O.C5H5.Fe/c1-2-3-4-5-6-7-8-13-15(16)14-11-9-10-12-14;1-2-4-5-3-1;/h9-12H,2-8,13H2,1H3;1-5H;/q2*-1;+2. The first-order valence-corrected chi connectivity index (χ1v) is 8.26. The minimum Gasteiger partial charge on any atom is -0.310 e. The molecule has 0 aromatic heterocycles. The summed E-state index contributed by atoms with van der Waals surface area (Å²) in [5, 5.41) is 0. The summed E-state index contributed by atoms with van der Waals surface area (Å²) in [5.74, 6) is 0.304. The predicted octanol–water partition coefficient (Wildman–Crippen LogP) is 6.13. The van der Waals surface area contributed by atoms with Gasteiger partial charge in [-0.05, 0) is 12.8 Å². The Morgan fingerprint density at radius 1 is 0.909 bits per heavy atom. The summed E-state index contributed by atoms with van der Waals surface area (Å²) in [5.41, 5.74) is 0.881. The molecule has 0 saturated heterocycles. The van der Waals surface area contributed by atoms with E-state index in [0.717, 1.165) is 18.4 Å². The van der Waals surface area contributed by atoms with Gasteiger partial charge in [0.2, 0.25) is 0 Å². The van der Waals surface area contributed by atoms with Crippen molar-refractivity contribution < 1.29 is 21.9 Å². The normalized spacial score (nSPS) is 9.50. The minimum absolute atomic E-state index is 0. The summed E-state index contributed by atoms with van der Waals surface area (Å²) >= 11 is 0. The molecule has 0 unspecified atom stereocenters. The van der Waals surface area contributed by atoms with Gasteiger partial charge in [-0.25, -0.2) is 18.2 Å². The van der Waals surface area contributed by atoms with Gasteiger partial charge in [-0.2, -0.15) is 36.4 Å². The van der Waals surface area contributed by atoms with Crippen molar-refractivity contribution in [3.63, 3.8) is 0 Å². The van der Waals surface area contributed by atoms with E-state index in [1.807, 2.05) is 54.6 Å². The fourth-order valence-electron chi connectivity index (χ4n) is 2.27. The van der Waals surface area contributed by atoms with Crippen LogP contribution in [0.25, 0.3) is 0 Å². The Labute approximate surface area is 146 Å². The van der Waals surface area contributed by atoms with Crippen LogP contribution in [0.2, 0.25) is 0 Å². The largest absolute Gasteiger partial charge is 2.00 e. The van der Waals surface area contributed by atoms with Gasteiger partial charge in [0.1, 0.15) is 0 Å². The fourth-order valence-corrected chi connectivity index (χ4v) is 2.27. The van der Waals surface area contributed by atoms with E-state index < -0.39 is 0 Å². The molecule has 0 amide bonds. The molecule has 0 aliphatic heterocycles. The van der Waals surface area contributed by atoms with E-state index in [1.54, 1.807) is 0 Å². The summed E-state index contributed by atoms with van der Waals surface area (Å²) in [6.07, 6.45) is 9.60. The summed E-state index contributed by atoms with van der Waals surface area (Å²) in [4.78, 5) is 11.6. The van der Waals surface area contributed by atoms with Gasteiger partial charge < -0.3 is 4.79 Å². The number of hydrogen-bond acceptors (Lipinski definition) is 1. The van der Waals surface area contributed by atoms with Crippen LogP contribution in [0.4, 0.5) is 0 Å². The first-order valence-electron chi connectivity index (χ1n) is 8.26. The molecule has 0 N–H and O–H groups in total. The van der Waals surface area contributed by atoms with E-state index in [9.17, 15) is 4.79 Å². The van der Waals surface area contributed by atoms with Crippen molar-refractivity contribution in [1.82, 2.24) is 0 Å². The van der Waals surface area contributed by atoms with Gasteiger partial charge >= 0.3 is 17.1 Å². The SMILES string of the molecule is CCCCCCCCCC(=O)c1cc[cH-]c1.[Fe+2].c1cc[cH-]c1. The maximum Gasteiger partial charge on any atom is 2.00 e. The molecule has 22 heavy (non-hydrogen) atoms. The smallest absolute Gasteiger partial charge is 0.310 e. The average Bonchev–Trinajstić information content (AvgIpc) is 3.21. The van der Waals surface area contributed by atoms with Crippen LogP contribution in [0.1, 0.15) is 68.6 Å². The van der Waals surface area contributed by atoms with Crippen molar-refractivity contribution >= 4 is 5.78 Å². The van der Waals surface area contributed by atoms with Gasteiger partial charge in [0.15, 0.2) is 0 Å². The van der Waals surface area contributed by atoms with E-state index in [2.05, 4.69) is 6.92 Å².